The summed E-state index contributed by atoms with van der Waals surface area (Å²) in [6.07, 6.45) is 55.3. The van der Waals surface area contributed by atoms with E-state index in [-0.39, 0.29) is 25.4 Å². The largest absolute Gasteiger partial charge is 0.472 e. The van der Waals surface area contributed by atoms with Gasteiger partial charge in [-0.3, -0.25) is 18.6 Å². The minimum atomic E-state index is -4.28. The monoisotopic (exact) mass is 819 g/mol. The minimum absolute atomic E-state index is 0.202. The van der Waals surface area contributed by atoms with Crippen LogP contribution >= 0.6 is 7.82 Å². The molecule has 0 saturated carbocycles. The van der Waals surface area contributed by atoms with Crippen LogP contribution in [0.15, 0.2) is 72.9 Å². The lowest BCUT2D eigenvalue weighted by Crippen LogP contribution is -2.29. The van der Waals surface area contributed by atoms with Gasteiger partial charge in [-0.25, -0.2) is 4.57 Å². The van der Waals surface area contributed by atoms with Gasteiger partial charge in [0.1, 0.15) is 6.61 Å². The molecule has 2 unspecified atom stereocenters. The van der Waals surface area contributed by atoms with Crippen LogP contribution < -0.4 is 0 Å². The first kappa shape index (κ1) is 54.5. The number of carbonyl (C=O) groups is 2. The summed E-state index contributed by atoms with van der Waals surface area (Å²) in [7, 11) is -3.22. The number of phosphoric ester groups is 1. The van der Waals surface area contributed by atoms with Crippen molar-refractivity contribution in [2.24, 2.45) is 0 Å². The molecular weight excluding hydrogens is 735 g/mol. The van der Waals surface area contributed by atoms with Crippen molar-refractivity contribution in [3.63, 3.8) is 0 Å². The lowest BCUT2D eigenvalue weighted by atomic mass is 10.1. The molecule has 0 aromatic carbocycles. The van der Waals surface area contributed by atoms with Crippen molar-refractivity contribution in [1.29, 1.82) is 0 Å². The van der Waals surface area contributed by atoms with Crippen LogP contribution in [0.4, 0.5) is 0 Å². The van der Waals surface area contributed by atoms with Crippen LogP contribution in [0.1, 0.15) is 194 Å². The highest BCUT2D eigenvalue weighted by Crippen LogP contribution is 2.42. The molecule has 0 rings (SSSR count). The quantitative estimate of drug-likeness (QED) is 0.0281. The number of allylic oxidation sites excluding steroid dienone is 12. The zero-order chi connectivity index (χ0) is 41.8. The SMILES string of the molecule is CC/C=C\C/C=C\C/C=C\C/C=C\C/C=C\CCCCCC(=O)OC(COC(=O)CCCCCCCCCCC/C=C\CCCCCCCC)COP(=O)(O)OC. The molecule has 0 spiro atoms. The van der Waals surface area contributed by atoms with Crippen LogP contribution in [0.2, 0.25) is 0 Å². The van der Waals surface area contributed by atoms with Gasteiger partial charge in [-0.05, 0) is 83.5 Å². The van der Waals surface area contributed by atoms with Gasteiger partial charge in [-0.1, -0.05) is 170 Å². The van der Waals surface area contributed by atoms with Crippen LogP contribution in [0.5, 0.6) is 0 Å². The van der Waals surface area contributed by atoms with E-state index in [1.54, 1.807) is 0 Å². The van der Waals surface area contributed by atoms with Crippen molar-refractivity contribution >= 4 is 19.8 Å². The predicted octanol–water partition coefficient (Wildman–Crippen LogP) is 14.5. The van der Waals surface area contributed by atoms with Gasteiger partial charge >= 0.3 is 19.8 Å². The first-order valence-corrected chi connectivity index (χ1v) is 24.1. The van der Waals surface area contributed by atoms with E-state index in [0.717, 1.165) is 77.7 Å². The van der Waals surface area contributed by atoms with Gasteiger partial charge in [0, 0.05) is 20.0 Å². The van der Waals surface area contributed by atoms with Gasteiger partial charge in [0.25, 0.3) is 0 Å². The van der Waals surface area contributed by atoms with Crippen molar-refractivity contribution < 1.29 is 37.6 Å². The van der Waals surface area contributed by atoms with E-state index in [2.05, 4.69) is 91.3 Å². The number of hydrogen-bond donors (Lipinski definition) is 1. The fraction of sp³-hybridized carbons (Fsp3) is 0.708. The predicted molar refractivity (Wildman–Crippen MR) is 239 cm³/mol. The summed E-state index contributed by atoms with van der Waals surface area (Å²) in [6.45, 7) is 3.75. The fourth-order valence-electron chi connectivity index (χ4n) is 5.97. The third-order valence-corrected chi connectivity index (χ3v) is 10.4. The molecule has 57 heavy (non-hydrogen) atoms. The van der Waals surface area contributed by atoms with E-state index in [1.807, 2.05) is 0 Å². The molecule has 0 amide bonds. The maximum absolute atomic E-state index is 12.5. The molecule has 0 aliphatic carbocycles. The lowest BCUT2D eigenvalue weighted by Gasteiger charge is -2.19. The topological polar surface area (TPSA) is 108 Å². The summed E-state index contributed by atoms with van der Waals surface area (Å²) in [6, 6.07) is 0. The van der Waals surface area contributed by atoms with Gasteiger partial charge in [-0.2, -0.15) is 0 Å². The Morgan fingerprint density at radius 2 is 0.895 bits per heavy atom. The lowest BCUT2D eigenvalue weighted by molar-refractivity contribution is -0.161. The molecule has 9 heteroatoms. The number of ether oxygens (including phenoxy) is 2. The number of hydrogen-bond acceptors (Lipinski definition) is 7. The summed E-state index contributed by atoms with van der Waals surface area (Å²) in [5.74, 6) is -0.846. The highest BCUT2D eigenvalue weighted by molar-refractivity contribution is 7.47. The molecule has 1 N–H and O–H groups in total. The average molecular weight is 819 g/mol. The summed E-state index contributed by atoms with van der Waals surface area (Å²) in [5, 5.41) is 0. The van der Waals surface area contributed by atoms with Crippen LogP contribution in [0, 0.1) is 0 Å². The number of rotatable bonds is 41. The fourth-order valence-corrected chi connectivity index (χ4v) is 6.43. The van der Waals surface area contributed by atoms with E-state index in [0.29, 0.717) is 6.42 Å². The standard InChI is InChI=1S/C48H83O8P/c1-4-6-8-10-12-14-16-18-20-22-24-26-28-30-32-34-36-38-40-42-47(49)54-44-46(45-55-57(51,52)53-3)56-48(50)43-41-39-37-35-33-31-29-27-25-23-21-19-17-15-13-11-9-7-5-2/h7,9,13,15,18-21,25,27,31,33,46H,4-6,8,10-12,14,16-17,22-24,26,28-30,32,34-45H2,1-3H3,(H,51,52)/b9-7-,15-13-,20-18-,21-19-,27-25-,33-31-. The molecular formula is C48H83O8P. The van der Waals surface area contributed by atoms with Gasteiger partial charge < -0.3 is 14.4 Å². The molecule has 0 aliphatic rings. The summed E-state index contributed by atoms with van der Waals surface area (Å²) in [4.78, 5) is 34.5. The Morgan fingerprint density at radius 1 is 0.509 bits per heavy atom. The zero-order valence-electron chi connectivity index (χ0n) is 36.5. The molecule has 0 saturated heterocycles. The summed E-state index contributed by atoms with van der Waals surface area (Å²) in [5.41, 5.74) is 0. The Morgan fingerprint density at radius 3 is 1.37 bits per heavy atom. The van der Waals surface area contributed by atoms with Crippen molar-refractivity contribution in [3.8, 4) is 0 Å². The first-order valence-electron chi connectivity index (χ1n) is 22.6. The second-order valence-electron chi connectivity index (χ2n) is 14.8. The zero-order valence-corrected chi connectivity index (χ0v) is 37.4. The van der Waals surface area contributed by atoms with E-state index in [9.17, 15) is 19.0 Å². The number of carbonyl (C=O) groups excluding carboxylic acids is 2. The Kier molecular flexibility index (Phi) is 41.2. The molecule has 0 fully saturated rings. The maximum atomic E-state index is 12.5. The Balaban J connectivity index is 4.05. The molecule has 0 radical (unpaired) electrons. The Hall–Kier alpha value is -2.51. The van der Waals surface area contributed by atoms with Crippen molar-refractivity contribution in [2.45, 2.75) is 200 Å². The molecule has 0 heterocycles. The van der Waals surface area contributed by atoms with Gasteiger partial charge in [0.15, 0.2) is 6.10 Å². The number of phosphoric acid groups is 1. The third kappa shape index (κ3) is 42.9. The van der Waals surface area contributed by atoms with Gasteiger partial charge in [-0.15, -0.1) is 0 Å². The molecule has 0 aliphatic heterocycles. The molecule has 2 atom stereocenters. The van der Waals surface area contributed by atoms with Crippen molar-refractivity contribution in [3.05, 3.63) is 72.9 Å². The van der Waals surface area contributed by atoms with E-state index < -0.39 is 26.5 Å². The molecule has 0 bridgehead atoms. The third-order valence-electron chi connectivity index (χ3n) is 9.43. The van der Waals surface area contributed by atoms with Gasteiger partial charge in [0.2, 0.25) is 0 Å². The van der Waals surface area contributed by atoms with Crippen molar-refractivity contribution in [2.75, 3.05) is 20.3 Å². The van der Waals surface area contributed by atoms with Gasteiger partial charge in [0.05, 0.1) is 6.61 Å². The summed E-state index contributed by atoms with van der Waals surface area (Å²) >= 11 is 0. The van der Waals surface area contributed by atoms with Crippen LogP contribution in [-0.4, -0.2) is 43.3 Å². The number of unbranched alkanes of at least 4 members (excludes halogenated alkanes) is 18. The maximum Gasteiger partial charge on any atom is 0.472 e. The normalized spacial score (nSPS) is 14.0. The minimum Gasteiger partial charge on any atom is -0.462 e. The molecule has 8 nitrogen and oxygen atoms in total. The second kappa shape index (κ2) is 43.1. The highest BCUT2D eigenvalue weighted by atomic mass is 31.2. The summed E-state index contributed by atoms with van der Waals surface area (Å²) < 4.78 is 32.0. The Labute approximate surface area is 349 Å². The molecule has 328 valence electrons. The van der Waals surface area contributed by atoms with E-state index >= 15 is 0 Å². The van der Waals surface area contributed by atoms with E-state index in [4.69, 9.17) is 14.0 Å². The smallest absolute Gasteiger partial charge is 0.462 e. The number of esters is 2. The van der Waals surface area contributed by atoms with Crippen LogP contribution in [0.3, 0.4) is 0 Å². The highest BCUT2D eigenvalue weighted by Gasteiger charge is 2.24. The second-order valence-corrected chi connectivity index (χ2v) is 16.4. The van der Waals surface area contributed by atoms with Crippen molar-refractivity contribution in [1.82, 2.24) is 0 Å². The average Bonchev–Trinajstić information content (AvgIpc) is 3.20. The van der Waals surface area contributed by atoms with Crippen LogP contribution in [-0.2, 0) is 32.7 Å². The molecule has 0 aromatic heterocycles. The first-order chi connectivity index (χ1) is 27.8. The molecule has 0 aromatic rings. The van der Waals surface area contributed by atoms with Crippen LogP contribution in [0.25, 0.3) is 0 Å². The van der Waals surface area contributed by atoms with E-state index in [1.165, 1.54) is 89.9 Å². The Bertz CT molecular complexity index is 1160.